The minimum absolute atomic E-state index is 0.464. The van der Waals surface area contributed by atoms with Crippen molar-refractivity contribution < 1.29 is 0 Å². The number of hydrogen-bond acceptors (Lipinski definition) is 1. The second-order valence-electron chi connectivity index (χ2n) is 5.20. The molecule has 1 saturated carbocycles. The largest absolute Gasteiger partial charge is 0.380 e. The first kappa shape index (κ1) is 14.3. The van der Waals surface area contributed by atoms with Crippen LogP contribution in [-0.2, 0) is 0 Å². The Morgan fingerprint density at radius 2 is 1.67 bits per heavy atom. The van der Waals surface area contributed by atoms with Gasteiger partial charge in [0.15, 0.2) is 0 Å². The van der Waals surface area contributed by atoms with E-state index in [1.807, 2.05) is 0 Å². The first-order valence-corrected chi connectivity index (χ1v) is 7.60. The molecule has 4 heteroatoms. The van der Waals surface area contributed by atoms with Gasteiger partial charge in [-0.25, -0.2) is 0 Å². The van der Waals surface area contributed by atoms with Crippen molar-refractivity contribution in [2.24, 2.45) is 5.92 Å². The summed E-state index contributed by atoms with van der Waals surface area (Å²) >= 11 is 18.3. The molecule has 1 nitrogen and oxygen atoms in total. The molecule has 1 aliphatic rings. The summed E-state index contributed by atoms with van der Waals surface area (Å²) in [5, 5.41) is 5.26. The molecule has 0 bridgehead atoms. The zero-order chi connectivity index (χ0) is 13.1. The number of halogens is 3. The highest BCUT2D eigenvalue weighted by molar-refractivity contribution is 6.41. The van der Waals surface area contributed by atoms with Gasteiger partial charge < -0.3 is 5.32 Å². The monoisotopic (exact) mass is 305 g/mol. The second kappa shape index (κ2) is 6.36. The van der Waals surface area contributed by atoms with E-state index in [-0.39, 0.29) is 0 Å². The van der Waals surface area contributed by atoms with E-state index in [0.717, 1.165) is 11.6 Å². The molecule has 0 amide bonds. The van der Waals surface area contributed by atoms with Crippen molar-refractivity contribution in [3.05, 3.63) is 27.2 Å². The summed E-state index contributed by atoms with van der Waals surface area (Å²) in [6.07, 6.45) is 6.21. The van der Waals surface area contributed by atoms with Crippen LogP contribution in [0.3, 0.4) is 0 Å². The lowest BCUT2D eigenvalue weighted by Gasteiger charge is -2.20. The lowest BCUT2D eigenvalue weighted by atomic mass is 10.0. The summed E-state index contributed by atoms with van der Waals surface area (Å²) in [4.78, 5) is 0. The molecule has 0 heterocycles. The predicted octanol–water partition coefficient (Wildman–Crippen LogP) is 6.03. The molecule has 0 saturated heterocycles. The molecule has 0 spiro atoms. The van der Waals surface area contributed by atoms with Crippen molar-refractivity contribution >= 4 is 40.5 Å². The minimum atomic E-state index is 0.464. The van der Waals surface area contributed by atoms with Gasteiger partial charge in [0.1, 0.15) is 0 Å². The maximum atomic E-state index is 6.19. The third-order valence-corrected chi connectivity index (χ3v) is 4.43. The van der Waals surface area contributed by atoms with Crippen LogP contribution in [0.15, 0.2) is 12.1 Å². The van der Waals surface area contributed by atoms with Crippen LogP contribution < -0.4 is 5.32 Å². The Balaban J connectivity index is 2.09. The zero-order valence-corrected chi connectivity index (χ0v) is 12.7. The van der Waals surface area contributed by atoms with E-state index in [1.54, 1.807) is 12.1 Å². The molecule has 1 fully saturated rings. The Hall–Kier alpha value is -0.110. The van der Waals surface area contributed by atoms with Crippen molar-refractivity contribution in [2.75, 3.05) is 5.32 Å². The van der Waals surface area contributed by atoms with Crippen LogP contribution in [0, 0.1) is 5.92 Å². The molecule has 18 heavy (non-hydrogen) atoms. The predicted molar refractivity (Wildman–Crippen MR) is 81.1 cm³/mol. The SMILES string of the molecule is CC1CCCC(Nc2c(Cl)cc(Cl)cc2Cl)CC1. The lowest BCUT2D eigenvalue weighted by Crippen LogP contribution is -2.18. The van der Waals surface area contributed by atoms with E-state index in [4.69, 9.17) is 34.8 Å². The molecule has 2 atom stereocenters. The molecule has 0 aliphatic heterocycles. The number of nitrogens with one attached hydrogen (secondary N) is 1. The average Bonchev–Trinajstić information content (AvgIpc) is 2.48. The Bertz CT molecular complexity index is 396. The van der Waals surface area contributed by atoms with Gasteiger partial charge in [-0.1, -0.05) is 54.6 Å². The summed E-state index contributed by atoms with van der Waals surface area (Å²) in [5.74, 6) is 0.827. The van der Waals surface area contributed by atoms with Crippen LogP contribution in [0.25, 0.3) is 0 Å². The normalized spacial score (nSPS) is 24.7. The van der Waals surface area contributed by atoms with Crippen LogP contribution in [-0.4, -0.2) is 6.04 Å². The first-order valence-electron chi connectivity index (χ1n) is 6.47. The van der Waals surface area contributed by atoms with Gasteiger partial charge in [0.25, 0.3) is 0 Å². The number of hydrogen-bond donors (Lipinski definition) is 1. The van der Waals surface area contributed by atoms with Crippen molar-refractivity contribution in [1.82, 2.24) is 0 Å². The van der Waals surface area contributed by atoms with Crippen molar-refractivity contribution in [2.45, 2.75) is 45.1 Å². The molecule has 1 aromatic carbocycles. The third-order valence-electron chi connectivity index (χ3n) is 3.61. The molecular weight excluding hydrogens is 289 g/mol. The molecular formula is C14H18Cl3N. The smallest absolute Gasteiger partial charge is 0.0722 e. The number of benzene rings is 1. The summed E-state index contributed by atoms with van der Waals surface area (Å²) < 4.78 is 0. The van der Waals surface area contributed by atoms with E-state index < -0.39 is 0 Å². The topological polar surface area (TPSA) is 12.0 Å². The van der Waals surface area contributed by atoms with Crippen molar-refractivity contribution in [1.29, 1.82) is 0 Å². The van der Waals surface area contributed by atoms with Crippen LogP contribution in [0.4, 0.5) is 5.69 Å². The Morgan fingerprint density at radius 3 is 2.33 bits per heavy atom. The van der Waals surface area contributed by atoms with Crippen LogP contribution >= 0.6 is 34.8 Å². The highest BCUT2D eigenvalue weighted by atomic mass is 35.5. The van der Waals surface area contributed by atoms with E-state index >= 15 is 0 Å². The quantitative estimate of drug-likeness (QED) is 0.658. The summed E-state index contributed by atoms with van der Waals surface area (Å²) in [6, 6.07) is 3.93. The minimum Gasteiger partial charge on any atom is -0.380 e. The molecule has 100 valence electrons. The van der Waals surface area contributed by atoms with Gasteiger partial charge in [0.2, 0.25) is 0 Å². The van der Waals surface area contributed by atoms with Gasteiger partial charge >= 0.3 is 0 Å². The maximum absolute atomic E-state index is 6.19. The molecule has 2 unspecified atom stereocenters. The Morgan fingerprint density at radius 1 is 1.00 bits per heavy atom. The van der Waals surface area contributed by atoms with Gasteiger partial charge in [0.05, 0.1) is 15.7 Å². The second-order valence-corrected chi connectivity index (χ2v) is 6.45. The fraction of sp³-hybridized carbons (Fsp3) is 0.571. The fourth-order valence-electron chi connectivity index (χ4n) is 2.52. The Labute approximate surface area is 124 Å². The summed E-state index contributed by atoms with van der Waals surface area (Å²) in [6.45, 7) is 2.32. The van der Waals surface area contributed by atoms with E-state index in [9.17, 15) is 0 Å². The zero-order valence-electron chi connectivity index (χ0n) is 10.5. The van der Waals surface area contributed by atoms with Gasteiger partial charge in [-0.3, -0.25) is 0 Å². The molecule has 2 rings (SSSR count). The van der Waals surface area contributed by atoms with Crippen LogP contribution in [0.5, 0.6) is 0 Å². The first-order chi connectivity index (χ1) is 8.56. The molecule has 1 aliphatic carbocycles. The highest BCUT2D eigenvalue weighted by Gasteiger charge is 2.18. The molecule has 1 N–H and O–H groups in total. The van der Waals surface area contributed by atoms with Gasteiger partial charge in [0, 0.05) is 11.1 Å². The summed E-state index contributed by atoms with van der Waals surface area (Å²) in [5.41, 5.74) is 0.822. The Kier molecular flexibility index (Phi) is 5.06. The number of rotatable bonds is 2. The van der Waals surface area contributed by atoms with Crippen molar-refractivity contribution in [3.8, 4) is 0 Å². The maximum Gasteiger partial charge on any atom is 0.0722 e. The molecule has 1 aromatic rings. The van der Waals surface area contributed by atoms with Crippen LogP contribution in [0.2, 0.25) is 15.1 Å². The number of anilines is 1. The van der Waals surface area contributed by atoms with E-state index in [0.29, 0.717) is 21.1 Å². The van der Waals surface area contributed by atoms with Crippen LogP contribution in [0.1, 0.15) is 39.0 Å². The summed E-state index contributed by atoms with van der Waals surface area (Å²) in [7, 11) is 0. The standard InChI is InChI=1S/C14H18Cl3N/c1-9-3-2-4-11(6-5-9)18-14-12(16)7-10(15)8-13(14)17/h7-9,11,18H,2-6H2,1H3. The average molecular weight is 307 g/mol. The van der Waals surface area contributed by atoms with Crippen molar-refractivity contribution in [3.63, 3.8) is 0 Å². The molecule has 0 radical (unpaired) electrons. The van der Waals surface area contributed by atoms with Gasteiger partial charge in [-0.15, -0.1) is 0 Å². The highest BCUT2D eigenvalue weighted by Crippen LogP contribution is 2.35. The van der Waals surface area contributed by atoms with Gasteiger partial charge in [-0.2, -0.15) is 0 Å². The fourth-order valence-corrected chi connectivity index (χ4v) is 3.44. The lowest BCUT2D eigenvalue weighted by molar-refractivity contribution is 0.502. The third kappa shape index (κ3) is 3.69. The van der Waals surface area contributed by atoms with E-state index in [2.05, 4.69) is 12.2 Å². The van der Waals surface area contributed by atoms with E-state index in [1.165, 1.54) is 32.1 Å². The molecule has 0 aromatic heterocycles. The van der Waals surface area contributed by atoms with Gasteiger partial charge in [-0.05, 0) is 37.3 Å².